The molecule has 0 aliphatic heterocycles. The summed E-state index contributed by atoms with van der Waals surface area (Å²) >= 11 is 6.49. The highest BCUT2D eigenvalue weighted by atomic mass is 35.5. The Bertz CT molecular complexity index is 992. The van der Waals surface area contributed by atoms with Crippen molar-refractivity contribution in [1.29, 1.82) is 0 Å². The Morgan fingerprint density at radius 2 is 1.89 bits per heavy atom. The highest BCUT2D eigenvalue weighted by Gasteiger charge is 2.31. The molecule has 146 valence electrons. The predicted molar refractivity (Wildman–Crippen MR) is 104 cm³/mol. The van der Waals surface area contributed by atoms with Gasteiger partial charge in [0.2, 0.25) is 11.7 Å². The van der Waals surface area contributed by atoms with Gasteiger partial charge in [0.05, 0.1) is 0 Å². The van der Waals surface area contributed by atoms with E-state index in [0.29, 0.717) is 40.8 Å². The lowest BCUT2D eigenvalue weighted by Gasteiger charge is -2.13. The lowest BCUT2D eigenvalue weighted by molar-refractivity contribution is 0.302. The second-order valence-corrected chi connectivity index (χ2v) is 8.43. The van der Waals surface area contributed by atoms with Gasteiger partial charge >= 0.3 is 0 Å². The molecule has 4 rings (SSSR count). The van der Waals surface area contributed by atoms with Crippen molar-refractivity contribution in [2.45, 2.75) is 51.6 Å². The van der Waals surface area contributed by atoms with Crippen LogP contribution < -0.4 is 4.74 Å². The molecule has 0 radical (unpaired) electrons. The lowest BCUT2D eigenvalue weighted by Crippen LogP contribution is -2.11. The predicted octanol–water partition coefficient (Wildman–Crippen LogP) is 5.68. The molecule has 2 aromatic heterocycles. The Morgan fingerprint density at radius 1 is 1.18 bits per heavy atom. The van der Waals surface area contributed by atoms with Crippen LogP contribution in [0.1, 0.15) is 56.5 Å². The molecule has 5 nitrogen and oxygen atoms in total. The van der Waals surface area contributed by atoms with Crippen LogP contribution in [0.5, 0.6) is 5.75 Å². The zero-order chi connectivity index (χ0) is 19.9. The van der Waals surface area contributed by atoms with E-state index in [2.05, 4.69) is 15.1 Å². The molecule has 0 atom stereocenters. The van der Waals surface area contributed by atoms with E-state index in [1.165, 1.54) is 12.1 Å². The van der Waals surface area contributed by atoms with Gasteiger partial charge in [0.25, 0.3) is 0 Å². The zero-order valence-electron chi connectivity index (χ0n) is 16.0. The molecule has 0 unspecified atom stereocenters. The second kappa shape index (κ2) is 7.17. The van der Waals surface area contributed by atoms with Gasteiger partial charge in [-0.3, -0.25) is 0 Å². The quantitative estimate of drug-likeness (QED) is 0.515. The molecule has 28 heavy (non-hydrogen) atoms. The van der Waals surface area contributed by atoms with E-state index in [9.17, 15) is 4.39 Å². The normalized spacial score (nSPS) is 14.3. The van der Waals surface area contributed by atoms with E-state index in [0.717, 1.165) is 24.0 Å². The van der Waals surface area contributed by atoms with Crippen LogP contribution >= 0.6 is 11.6 Å². The van der Waals surface area contributed by atoms with Gasteiger partial charge in [0.1, 0.15) is 29.0 Å². The summed E-state index contributed by atoms with van der Waals surface area (Å²) in [5, 5.41) is 4.45. The van der Waals surface area contributed by atoms with Gasteiger partial charge in [-0.2, -0.15) is 4.98 Å². The third-order valence-electron chi connectivity index (χ3n) is 4.56. The van der Waals surface area contributed by atoms with Crippen molar-refractivity contribution in [3.8, 4) is 17.3 Å². The summed E-state index contributed by atoms with van der Waals surface area (Å²) in [7, 11) is 0. The third-order valence-corrected chi connectivity index (χ3v) is 4.85. The second-order valence-electron chi connectivity index (χ2n) is 8.07. The maximum Gasteiger partial charge on any atom is 0.232 e. The third kappa shape index (κ3) is 4.02. The van der Waals surface area contributed by atoms with Gasteiger partial charge in [0, 0.05) is 17.0 Å². The number of halogens is 2. The van der Waals surface area contributed by atoms with E-state index < -0.39 is 0 Å². The molecular formula is C21H21ClFN3O2. The molecule has 7 heteroatoms. The molecule has 1 aliphatic carbocycles. The first-order valence-corrected chi connectivity index (χ1v) is 9.61. The SMILES string of the molecule is CC(C)(C)c1nc(-c2cc(OCc3ccc(F)cc3)c(C3CC3)c(Cl)n2)no1. The summed E-state index contributed by atoms with van der Waals surface area (Å²) in [4.78, 5) is 8.93. The van der Waals surface area contributed by atoms with Gasteiger partial charge in [0.15, 0.2) is 0 Å². The average Bonchev–Trinajstić information content (AvgIpc) is 3.33. The number of benzene rings is 1. The number of pyridine rings is 1. The Labute approximate surface area is 167 Å². The fourth-order valence-electron chi connectivity index (χ4n) is 2.85. The first-order valence-electron chi connectivity index (χ1n) is 9.23. The number of aromatic nitrogens is 3. The Kier molecular flexibility index (Phi) is 4.83. The van der Waals surface area contributed by atoms with Gasteiger partial charge in [-0.1, -0.05) is 49.7 Å². The van der Waals surface area contributed by atoms with E-state index in [-0.39, 0.29) is 11.2 Å². The van der Waals surface area contributed by atoms with Crippen LogP contribution in [0.2, 0.25) is 5.15 Å². The molecule has 2 heterocycles. The van der Waals surface area contributed by atoms with Crippen molar-refractivity contribution < 1.29 is 13.7 Å². The Morgan fingerprint density at radius 3 is 2.50 bits per heavy atom. The van der Waals surface area contributed by atoms with E-state index in [1.54, 1.807) is 18.2 Å². The van der Waals surface area contributed by atoms with Crippen LogP contribution in [0.4, 0.5) is 4.39 Å². The fourth-order valence-corrected chi connectivity index (χ4v) is 3.19. The van der Waals surface area contributed by atoms with E-state index in [4.69, 9.17) is 20.9 Å². The smallest absolute Gasteiger partial charge is 0.232 e. The summed E-state index contributed by atoms with van der Waals surface area (Å²) in [5.41, 5.74) is 2.02. The summed E-state index contributed by atoms with van der Waals surface area (Å²) in [6, 6.07) is 8.03. The molecule has 1 aromatic carbocycles. The molecule has 0 amide bonds. The van der Waals surface area contributed by atoms with Crippen LogP contribution in [0.3, 0.4) is 0 Å². The molecule has 1 saturated carbocycles. The molecule has 3 aromatic rings. The number of ether oxygens (including phenoxy) is 1. The fraction of sp³-hybridized carbons (Fsp3) is 0.381. The topological polar surface area (TPSA) is 61.0 Å². The van der Waals surface area contributed by atoms with Crippen molar-refractivity contribution in [2.75, 3.05) is 0 Å². The summed E-state index contributed by atoms with van der Waals surface area (Å²) in [6.45, 7) is 6.30. The zero-order valence-corrected chi connectivity index (χ0v) is 16.8. The van der Waals surface area contributed by atoms with Crippen molar-refractivity contribution in [3.05, 3.63) is 58.3 Å². The number of rotatable bonds is 5. The molecular weight excluding hydrogens is 381 g/mol. The largest absolute Gasteiger partial charge is 0.488 e. The minimum Gasteiger partial charge on any atom is -0.488 e. The molecule has 0 N–H and O–H groups in total. The first kappa shape index (κ1) is 18.9. The summed E-state index contributed by atoms with van der Waals surface area (Å²) in [6.07, 6.45) is 2.12. The number of hydrogen-bond donors (Lipinski definition) is 0. The monoisotopic (exact) mass is 401 g/mol. The molecule has 1 fully saturated rings. The number of nitrogens with zero attached hydrogens (tertiary/aromatic N) is 3. The first-order chi connectivity index (χ1) is 13.3. The van der Waals surface area contributed by atoms with Crippen LogP contribution in [0.15, 0.2) is 34.9 Å². The maximum atomic E-state index is 13.1. The number of hydrogen-bond acceptors (Lipinski definition) is 5. The molecule has 0 spiro atoms. The molecule has 0 saturated heterocycles. The van der Waals surface area contributed by atoms with Crippen molar-refractivity contribution in [2.24, 2.45) is 0 Å². The van der Waals surface area contributed by atoms with Gasteiger partial charge in [-0.25, -0.2) is 9.37 Å². The van der Waals surface area contributed by atoms with Gasteiger partial charge < -0.3 is 9.26 Å². The van der Waals surface area contributed by atoms with Crippen LogP contribution in [-0.2, 0) is 12.0 Å². The minimum atomic E-state index is -0.275. The molecule has 0 bridgehead atoms. The van der Waals surface area contributed by atoms with E-state index >= 15 is 0 Å². The van der Waals surface area contributed by atoms with Crippen molar-refractivity contribution in [1.82, 2.24) is 15.1 Å². The van der Waals surface area contributed by atoms with Crippen LogP contribution in [0, 0.1) is 5.82 Å². The van der Waals surface area contributed by atoms with Crippen LogP contribution in [0.25, 0.3) is 11.5 Å². The summed E-state index contributed by atoms with van der Waals surface area (Å²) in [5.74, 6) is 1.64. The van der Waals surface area contributed by atoms with Gasteiger partial charge in [-0.05, 0) is 36.5 Å². The Hall–Kier alpha value is -2.47. The standard InChI is InChI=1S/C21H21ClFN3O2/c1-21(2,3)20-25-19(26-28-20)15-10-16(17(13-6-7-13)18(22)24-15)27-11-12-4-8-14(23)9-5-12/h4-5,8-10,13H,6-7,11H2,1-3H3. The highest BCUT2D eigenvalue weighted by molar-refractivity contribution is 6.30. The lowest BCUT2D eigenvalue weighted by atomic mass is 9.97. The Balaban J connectivity index is 1.66. The summed E-state index contributed by atoms with van der Waals surface area (Å²) < 4.78 is 24.5. The maximum absolute atomic E-state index is 13.1. The minimum absolute atomic E-state index is 0.259. The van der Waals surface area contributed by atoms with Crippen LogP contribution in [-0.4, -0.2) is 15.1 Å². The average molecular weight is 402 g/mol. The highest BCUT2D eigenvalue weighted by Crippen LogP contribution is 2.48. The van der Waals surface area contributed by atoms with Crippen molar-refractivity contribution >= 4 is 11.6 Å². The van der Waals surface area contributed by atoms with E-state index in [1.807, 2.05) is 20.8 Å². The molecule has 1 aliphatic rings. The van der Waals surface area contributed by atoms with Gasteiger partial charge in [-0.15, -0.1) is 0 Å². The van der Waals surface area contributed by atoms with Crippen molar-refractivity contribution in [3.63, 3.8) is 0 Å².